The average molecular weight is 184 g/mol. The Morgan fingerprint density at radius 1 is 1.83 bits per heavy atom. The highest BCUT2D eigenvalue weighted by molar-refractivity contribution is 7.03. The highest BCUT2D eigenvalue weighted by Crippen LogP contribution is 2.41. The van der Waals surface area contributed by atoms with Crippen LogP contribution < -0.4 is 0 Å². The summed E-state index contributed by atoms with van der Waals surface area (Å²) in [6.07, 6.45) is 1.63. The normalized spacial score (nSPS) is 30.2. The zero-order valence-electron chi connectivity index (χ0n) is 6.97. The first-order valence-electron chi connectivity index (χ1n) is 4.21. The van der Waals surface area contributed by atoms with Gasteiger partial charge in [0.15, 0.2) is 0 Å². The number of aliphatic hydroxyl groups excluding tert-OH is 1. The van der Waals surface area contributed by atoms with Crippen molar-refractivity contribution in [1.29, 1.82) is 0 Å². The van der Waals surface area contributed by atoms with Gasteiger partial charge in [0.1, 0.15) is 0 Å². The van der Waals surface area contributed by atoms with Gasteiger partial charge in [0.25, 0.3) is 0 Å². The van der Waals surface area contributed by atoms with Gasteiger partial charge < -0.3 is 5.11 Å². The van der Waals surface area contributed by atoms with Crippen molar-refractivity contribution in [2.75, 3.05) is 0 Å². The molecule has 1 aliphatic carbocycles. The van der Waals surface area contributed by atoms with Crippen LogP contribution in [-0.2, 0) is 6.42 Å². The lowest BCUT2D eigenvalue weighted by atomic mass is 10.1. The van der Waals surface area contributed by atoms with Crippen molar-refractivity contribution in [3.63, 3.8) is 0 Å². The Morgan fingerprint density at radius 2 is 2.58 bits per heavy atom. The number of rotatable bonds is 3. The lowest BCUT2D eigenvalue weighted by Gasteiger charge is -2.05. The van der Waals surface area contributed by atoms with Crippen LogP contribution in [0.25, 0.3) is 0 Å². The summed E-state index contributed by atoms with van der Waals surface area (Å²) in [6, 6.07) is 0. The molecule has 0 spiro atoms. The molecule has 66 valence electrons. The van der Waals surface area contributed by atoms with E-state index in [-0.39, 0.29) is 6.10 Å². The molecule has 0 amide bonds. The third kappa shape index (κ3) is 1.64. The molecule has 3 nitrogen and oxygen atoms in total. The fourth-order valence-electron chi connectivity index (χ4n) is 1.53. The Morgan fingerprint density at radius 3 is 3.08 bits per heavy atom. The van der Waals surface area contributed by atoms with Gasteiger partial charge in [0.2, 0.25) is 0 Å². The first kappa shape index (κ1) is 8.13. The van der Waals surface area contributed by atoms with Gasteiger partial charge in [-0.05, 0) is 29.8 Å². The number of aliphatic hydroxyl groups is 1. The van der Waals surface area contributed by atoms with E-state index in [0.717, 1.165) is 5.69 Å². The summed E-state index contributed by atoms with van der Waals surface area (Å²) in [4.78, 5) is 0. The molecule has 0 aliphatic heterocycles. The summed E-state index contributed by atoms with van der Waals surface area (Å²) in [7, 11) is 0. The zero-order valence-corrected chi connectivity index (χ0v) is 7.79. The molecule has 12 heavy (non-hydrogen) atoms. The molecule has 1 aliphatic rings. The summed E-state index contributed by atoms with van der Waals surface area (Å²) >= 11 is 1.34. The van der Waals surface area contributed by atoms with Crippen molar-refractivity contribution in [2.24, 2.45) is 11.8 Å². The number of nitrogens with zero attached hydrogens (tertiary/aromatic N) is 2. The van der Waals surface area contributed by atoms with Gasteiger partial charge >= 0.3 is 0 Å². The highest BCUT2D eigenvalue weighted by Gasteiger charge is 2.38. The van der Waals surface area contributed by atoms with E-state index in [1.54, 1.807) is 0 Å². The smallest absolute Gasteiger partial charge is 0.0781 e. The highest BCUT2D eigenvalue weighted by atomic mass is 32.1. The molecule has 3 unspecified atom stereocenters. The molecule has 1 heterocycles. The van der Waals surface area contributed by atoms with E-state index in [0.29, 0.717) is 18.3 Å². The van der Waals surface area contributed by atoms with Gasteiger partial charge in [-0.3, -0.25) is 0 Å². The van der Waals surface area contributed by atoms with Crippen LogP contribution in [0.2, 0.25) is 0 Å². The van der Waals surface area contributed by atoms with Gasteiger partial charge in [0.05, 0.1) is 11.8 Å². The second kappa shape index (κ2) is 3.11. The maximum Gasteiger partial charge on any atom is 0.0781 e. The van der Waals surface area contributed by atoms with Crippen LogP contribution in [0.3, 0.4) is 0 Å². The SMILES string of the molecule is CC1CC1C(O)Cc1csnn1. The monoisotopic (exact) mass is 184 g/mol. The first-order valence-corrected chi connectivity index (χ1v) is 5.05. The predicted molar refractivity (Wildman–Crippen MR) is 46.9 cm³/mol. The van der Waals surface area contributed by atoms with E-state index in [9.17, 15) is 5.11 Å². The maximum absolute atomic E-state index is 9.67. The first-order chi connectivity index (χ1) is 5.77. The molecule has 1 aromatic heterocycles. The molecule has 4 heteroatoms. The third-order valence-electron chi connectivity index (χ3n) is 2.49. The van der Waals surface area contributed by atoms with Gasteiger partial charge in [-0.1, -0.05) is 11.4 Å². The lowest BCUT2D eigenvalue weighted by Crippen LogP contribution is -2.14. The fraction of sp³-hybridized carbons (Fsp3) is 0.750. The molecule has 1 N–H and O–H groups in total. The molecule has 0 aromatic carbocycles. The number of hydrogen-bond acceptors (Lipinski definition) is 4. The van der Waals surface area contributed by atoms with Gasteiger partial charge in [-0.15, -0.1) is 5.10 Å². The Labute approximate surface area is 75.6 Å². The van der Waals surface area contributed by atoms with Crippen molar-refractivity contribution in [3.05, 3.63) is 11.1 Å². The van der Waals surface area contributed by atoms with Gasteiger partial charge in [0, 0.05) is 11.8 Å². The van der Waals surface area contributed by atoms with Crippen molar-refractivity contribution < 1.29 is 5.11 Å². The quantitative estimate of drug-likeness (QED) is 0.765. The van der Waals surface area contributed by atoms with Crippen LogP contribution in [0.15, 0.2) is 5.38 Å². The second-order valence-electron chi connectivity index (χ2n) is 3.54. The van der Waals surface area contributed by atoms with Gasteiger partial charge in [-0.25, -0.2) is 0 Å². The minimum Gasteiger partial charge on any atom is -0.392 e. The molecule has 3 atom stereocenters. The summed E-state index contributed by atoms with van der Waals surface area (Å²) < 4.78 is 3.75. The van der Waals surface area contributed by atoms with E-state index in [2.05, 4.69) is 16.5 Å². The Balaban J connectivity index is 1.87. The lowest BCUT2D eigenvalue weighted by molar-refractivity contribution is 0.145. The van der Waals surface area contributed by atoms with E-state index >= 15 is 0 Å². The van der Waals surface area contributed by atoms with E-state index in [4.69, 9.17) is 0 Å². The molecule has 1 fully saturated rings. The average Bonchev–Trinajstić information content (AvgIpc) is 2.58. The van der Waals surface area contributed by atoms with Gasteiger partial charge in [-0.2, -0.15) is 0 Å². The van der Waals surface area contributed by atoms with Crippen LogP contribution in [0, 0.1) is 11.8 Å². The number of aromatic nitrogens is 2. The predicted octanol–water partition coefficient (Wildman–Crippen LogP) is 1.10. The molecule has 0 saturated heterocycles. The Kier molecular flexibility index (Phi) is 2.11. The number of hydrogen-bond donors (Lipinski definition) is 1. The van der Waals surface area contributed by atoms with E-state index < -0.39 is 0 Å². The zero-order chi connectivity index (χ0) is 8.55. The van der Waals surface area contributed by atoms with Crippen LogP contribution in [0.4, 0.5) is 0 Å². The molecule has 1 saturated carbocycles. The maximum atomic E-state index is 9.67. The fourth-order valence-corrected chi connectivity index (χ4v) is 1.99. The topological polar surface area (TPSA) is 46.0 Å². The molecule has 0 radical (unpaired) electrons. The molecule has 1 aromatic rings. The van der Waals surface area contributed by atoms with Crippen molar-refractivity contribution in [1.82, 2.24) is 9.59 Å². The second-order valence-corrected chi connectivity index (χ2v) is 4.15. The Bertz CT molecular complexity index is 250. The molecular formula is C8H12N2OS. The minimum atomic E-state index is -0.205. The van der Waals surface area contributed by atoms with Crippen molar-refractivity contribution in [2.45, 2.75) is 25.9 Å². The summed E-state index contributed by atoms with van der Waals surface area (Å²) in [5.74, 6) is 1.21. The van der Waals surface area contributed by atoms with Crippen molar-refractivity contribution in [3.8, 4) is 0 Å². The minimum absolute atomic E-state index is 0.205. The van der Waals surface area contributed by atoms with Crippen LogP contribution in [-0.4, -0.2) is 20.8 Å². The standard InChI is InChI=1S/C8H12N2OS/c1-5-2-7(5)8(11)3-6-4-12-10-9-6/h4-5,7-8,11H,2-3H2,1H3. The molecule has 0 bridgehead atoms. The van der Waals surface area contributed by atoms with Crippen molar-refractivity contribution >= 4 is 11.5 Å². The molecular weight excluding hydrogens is 172 g/mol. The summed E-state index contributed by atoms with van der Waals surface area (Å²) in [5.41, 5.74) is 0.923. The summed E-state index contributed by atoms with van der Waals surface area (Å²) in [5, 5.41) is 15.5. The van der Waals surface area contributed by atoms with E-state index in [1.807, 2.05) is 5.38 Å². The third-order valence-corrected chi connectivity index (χ3v) is 3.04. The Hall–Kier alpha value is -0.480. The van der Waals surface area contributed by atoms with Crippen LogP contribution in [0.1, 0.15) is 19.0 Å². The van der Waals surface area contributed by atoms with E-state index in [1.165, 1.54) is 18.0 Å². The summed E-state index contributed by atoms with van der Waals surface area (Å²) in [6.45, 7) is 2.17. The van der Waals surface area contributed by atoms with Crippen LogP contribution in [0.5, 0.6) is 0 Å². The van der Waals surface area contributed by atoms with Crippen LogP contribution >= 0.6 is 11.5 Å². The molecule has 2 rings (SSSR count). The largest absolute Gasteiger partial charge is 0.392 e.